The van der Waals surface area contributed by atoms with Crippen molar-refractivity contribution in [2.75, 3.05) is 13.2 Å². The van der Waals surface area contributed by atoms with Crippen LogP contribution in [0.2, 0.25) is 0 Å². The van der Waals surface area contributed by atoms with Gasteiger partial charge in [-0.25, -0.2) is 4.98 Å². The van der Waals surface area contributed by atoms with E-state index in [1.165, 1.54) is 37.2 Å². The first-order chi connectivity index (χ1) is 8.33. The lowest BCUT2D eigenvalue weighted by atomic mass is 9.97. The fourth-order valence-electron chi connectivity index (χ4n) is 3.12. The third-order valence-corrected chi connectivity index (χ3v) is 4.09. The summed E-state index contributed by atoms with van der Waals surface area (Å²) in [6.45, 7) is 5.34. The van der Waals surface area contributed by atoms with E-state index in [0.29, 0.717) is 11.8 Å². The van der Waals surface area contributed by atoms with Crippen LogP contribution in [0.5, 0.6) is 0 Å². The first kappa shape index (κ1) is 11.3. The summed E-state index contributed by atoms with van der Waals surface area (Å²) >= 11 is 0. The molecule has 94 valence electrons. The molecular weight excluding hydrogens is 212 g/mol. The highest BCUT2D eigenvalue weighted by Gasteiger charge is 2.21. The summed E-state index contributed by atoms with van der Waals surface area (Å²) in [7, 11) is 0. The molecule has 0 aliphatic carbocycles. The van der Waals surface area contributed by atoms with Crippen molar-refractivity contribution in [3.05, 3.63) is 17.7 Å². The van der Waals surface area contributed by atoms with Gasteiger partial charge in [-0.2, -0.15) is 0 Å². The van der Waals surface area contributed by atoms with Crippen LogP contribution in [-0.2, 0) is 17.7 Å². The quantitative estimate of drug-likeness (QED) is 0.786. The molecule has 1 aromatic rings. The second-order valence-electron chi connectivity index (χ2n) is 5.61. The van der Waals surface area contributed by atoms with E-state index in [2.05, 4.69) is 17.7 Å². The fraction of sp³-hybridized carbons (Fsp3) is 0.786. The van der Waals surface area contributed by atoms with Crippen LogP contribution >= 0.6 is 0 Å². The Morgan fingerprint density at radius 1 is 1.41 bits per heavy atom. The molecule has 2 aliphatic rings. The van der Waals surface area contributed by atoms with Crippen molar-refractivity contribution >= 4 is 0 Å². The predicted molar refractivity (Wildman–Crippen MR) is 67.1 cm³/mol. The molecule has 0 aromatic carbocycles. The molecule has 0 saturated carbocycles. The molecule has 3 heteroatoms. The summed E-state index contributed by atoms with van der Waals surface area (Å²) in [6.07, 6.45) is 8.50. The zero-order valence-electron chi connectivity index (χ0n) is 10.7. The second-order valence-corrected chi connectivity index (χ2v) is 5.61. The lowest BCUT2D eigenvalue weighted by Gasteiger charge is -2.20. The van der Waals surface area contributed by atoms with E-state index in [-0.39, 0.29) is 0 Å². The van der Waals surface area contributed by atoms with E-state index in [0.717, 1.165) is 26.2 Å². The third-order valence-electron chi connectivity index (χ3n) is 4.09. The van der Waals surface area contributed by atoms with Crippen LogP contribution in [0, 0.1) is 5.92 Å². The summed E-state index contributed by atoms with van der Waals surface area (Å²) in [4.78, 5) is 4.83. The molecule has 2 atom stereocenters. The highest BCUT2D eigenvalue weighted by molar-refractivity contribution is 5.10. The zero-order valence-corrected chi connectivity index (χ0v) is 10.7. The van der Waals surface area contributed by atoms with Gasteiger partial charge in [0.2, 0.25) is 0 Å². The van der Waals surface area contributed by atoms with Gasteiger partial charge in [0.05, 0.1) is 5.69 Å². The predicted octanol–water partition coefficient (Wildman–Crippen LogP) is 2.75. The molecule has 0 spiro atoms. The van der Waals surface area contributed by atoms with E-state index >= 15 is 0 Å². The largest absolute Gasteiger partial charge is 0.381 e. The average molecular weight is 234 g/mol. The molecule has 0 amide bonds. The van der Waals surface area contributed by atoms with Gasteiger partial charge < -0.3 is 9.30 Å². The number of aromatic nitrogens is 2. The minimum absolute atomic E-state index is 0.639. The number of imidazole rings is 1. The summed E-state index contributed by atoms with van der Waals surface area (Å²) in [5.41, 5.74) is 1.28. The Bertz CT molecular complexity index is 380. The minimum atomic E-state index is 0.639. The number of ether oxygens (including phenoxy) is 1. The van der Waals surface area contributed by atoms with Gasteiger partial charge in [0, 0.05) is 31.9 Å². The molecule has 0 radical (unpaired) electrons. The number of aryl methyl sites for hydroxylation is 1. The number of nitrogens with zero attached hydrogens (tertiary/aromatic N) is 2. The normalized spacial score (nSPS) is 29.0. The van der Waals surface area contributed by atoms with E-state index in [1.807, 2.05) is 0 Å². The Morgan fingerprint density at radius 2 is 2.35 bits per heavy atom. The molecule has 0 N–H and O–H groups in total. The molecule has 1 aromatic heterocycles. The Kier molecular flexibility index (Phi) is 3.19. The van der Waals surface area contributed by atoms with E-state index in [9.17, 15) is 0 Å². The summed E-state index contributed by atoms with van der Waals surface area (Å²) in [5.74, 6) is 2.64. The Hall–Kier alpha value is -0.830. The maximum atomic E-state index is 5.54. The highest BCUT2D eigenvalue weighted by atomic mass is 16.5. The zero-order chi connectivity index (χ0) is 11.7. The number of rotatable bonds is 2. The Morgan fingerprint density at radius 3 is 3.12 bits per heavy atom. The second kappa shape index (κ2) is 4.81. The van der Waals surface area contributed by atoms with Crippen molar-refractivity contribution in [1.82, 2.24) is 9.55 Å². The van der Waals surface area contributed by atoms with Crippen LogP contribution in [0.3, 0.4) is 0 Å². The number of hydrogen-bond acceptors (Lipinski definition) is 2. The van der Waals surface area contributed by atoms with Gasteiger partial charge >= 0.3 is 0 Å². The Balaban J connectivity index is 1.71. The molecule has 2 unspecified atom stereocenters. The lowest BCUT2D eigenvalue weighted by molar-refractivity contribution is 0.0547. The molecule has 0 bridgehead atoms. The van der Waals surface area contributed by atoms with Gasteiger partial charge in [-0.15, -0.1) is 0 Å². The minimum Gasteiger partial charge on any atom is -0.381 e. The fourth-order valence-corrected chi connectivity index (χ4v) is 3.12. The topological polar surface area (TPSA) is 27.1 Å². The summed E-state index contributed by atoms with van der Waals surface area (Å²) in [5, 5.41) is 0. The van der Waals surface area contributed by atoms with Crippen LogP contribution in [0.1, 0.15) is 50.0 Å². The van der Waals surface area contributed by atoms with E-state index < -0.39 is 0 Å². The summed E-state index contributed by atoms with van der Waals surface area (Å²) < 4.78 is 7.91. The van der Waals surface area contributed by atoms with Crippen LogP contribution in [0.4, 0.5) is 0 Å². The first-order valence-electron chi connectivity index (χ1n) is 6.96. The highest BCUT2D eigenvalue weighted by Crippen LogP contribution is 2.27. The number of hydrogen-bond donors (Lipinski definition) is 0. The molecule has 3 nitrogen and oxygen atoms in total. The smallest absolute Gasteiger partial charge is 0.111 e. The van der Waals surface area contributed by atoms with Crippen molar-refractivity contribution in [1.29, 1.82) is 0 Å². The van der Waals surface area contributed by atoms with Crippen LogP contribution < -0.4 is 0 Å². The first-order valence-corrected chi connectivity index (χ1v) is 6.96. The maximum Gasteiger partial charge on any atom is 0.111 e. The standard InChI is InChI=1S/C14H22N2O/c1-11-4-2-6-16-9-13(15-14(11)16)8-12-5-3-7-17-10-12/h9,11-12H,2-8,10H2,1H3. The van der Waals surface area contributed by atoms with Crippen molar-refractivity contribution in [3.8, 4) is 0 Å². The van der Waals surface area contributed by atoms with Crippen molar-refractivity contribution in [2.24, 2.45) is 5.92 Å². The van der Waals surface area contributed by atoms with Gasteiger partial charge in [-0.05, 0) is 38.0 Å². The van der Waals surface area contributed by atoms with Gasteiger partial charge in [0.25, 0.3) is 0 Å². The molecule has 2 aliphatic heterocycles. The van der Waals surface area contributed by atoms with Gasteiger partial charge in [0.1, 0.15) is 5.82 Å². The maximum absolute atomic E-state index is 5.54. The molecule has 1 fully saturated rings. The molecule has 17 heavy (non-hydrogen) atoms. The van der Waals surface area contributed by atoms with E-state index in [1.54, 1.807) is 0 Å². The van der Waals surface area contributed by atoms with Crippen LogP contribution in [0.15, 0.2) is 6.20 Å². The van der Waals surface area contributed by atoms with E-state index in [4.69, 9.17) is 9.72 Å². The number of fused-ring (bicyclic) bond motifs is 1. The van der Waals surface area contributed by atoms with Gasteiger partial charge in [0.15, 0.2) is 0 Å². The third kappa shape index (κ3) is 2.39. The Labute approximate surface area is 103 Å². The molecule has 3 heterocycles. The average Bonchev–Trinajstić information content (AvgIpc) is 2.74. The van der Waals surface area contributed by atoms with Crippen LogP contribution in [-0.4, -0.2) is 22.8 Å². The molecule has 3 rings (SSSR count). The lowest BCUT2D eigenvalue weighted by Crippen LogP contribution is -2.19. The van der Waals surface area contributed by atoms with Crippen LogP contribution in [0.25, 0.3) is 0 Å². The SMILES string of the molecule is CC1CCCn2cc(CC3CCCOC3)nc21. The van der Waals surface area contributed by atoms with Crippen molar-refractivity contribution < 1.29 is 4.74 Å². The van der Waals surface area contributed by atoms with Crippen molar-refractivity contribution in [3.63, 3.8) is 0 Å². The molecule has 1 saturated heterocycles. The summed E-state index contributed by atoms with van der Waals surface area (Å²) in [6, 6.07) is 0. The monoisotopic (exact) mass is 234 g/mol. The van der Waals surface area contributed by atoms with Gasteiger partial charge in [-0.1, -0.05) is 6.92 Å². The molecular formula is C14H22N2O. The van der Waals surface area contributed by atoms with Gasteiger partial charge in [-0.3, -0.25) is 0 Å². The van der Waals surface area contributed by atoms with Crippen molar-refractivity contribution in [2.45, 2.75) is 51.5 Å².